The van der Waals surface area contributed by atoms with Crippen molar-refractivity contribution in [3.63, 3.8) is 0 Å². The van der Waals surface area contributed by atoms with Gasteiger partial charge in [-0.25, -0.2) is 9.97 Å². The molecule has 0 bridgehead atoms. The number of amides is 1. The molecule has 5 aromatic rings. The van der Waals surface area contributed by atoms with E-state index in [9.17, 15) is 4.79 Å². The van der Waals surface area contributed by atoms with E-state index in [-0.39, 0.29) is 5.91 Å². The van der Waals surface area contributed by atoms with Crippen molar-refractivity contribution in [1.29, 1.82) is 0 Å². The summed E-state index contributed by atoms with van der Waals surface area (Å²) in [6, 6.07) is 14.1. The van der Waals surface area contributed by atoms with Gasteiger partial charge in [0.1, 0.15) is 11.6 Å². The molecule has 9 heteroatoms. The maximum absolute atomic E-state index is 11.8. The highest BCUT2D eigenvalue weighted by atomic mass is 16.1. The summed E-state index contributed by atoms with van der Waals surface area (Å²) >= 11 is 0. The fraction of sp³-hybridized carbons (Fsp3) is 0.346. The first-order chi connectivity index (χ1) is 17.0. The predicted molar refractivity (Wildman–Crippen MR) is 138 cm³/mol. The second kappa shape index (κ2) is 9.69. The number of H-pyrrole nitrogens is 1. The summed E-state index contributed by atoms with van der Waals surface area (Å²) in [5.74, 6) is 2.80. The molecule has 0 saturated heterocycles. The Labute approximate surface area is 203 Å². The highest BCUT2D eigenvalue weighted by Gasteiger charge is 2.14. The minimum atomic E-state index is 0.116. The van der Waals surface area contributed by atoms with E-state index in [2.05, 4.69) is 25.8 Å². The van der Waals surface area contributed by atoms with Crippen LogP contribution in [0.5, 0.6) is 0 Å². The van der Waals surface area contributed by atoms with Crippen molar-refractivity contribution in [2.24, 2.45) is 5.92 Å². The largest absolute Gasteiger partial charge is 0.367 e. The zero-order valence-electron chi connectivity index (χ0n) is 20.3. The van der Waals surface area contributed by atoms with Crippen LogP contribution in [0.2, 0.25) is 0 Å². The van der Waals surface area contributed by atoms with Gasteiger partial charge in [0.15, 0.2) is 5.82 Å². The van der Waals surface area contributed by atoms with Gasteiger partial charge in [-0.05, 0) is 56.0 Å². The molecule has 0 aliphatic carbocycles. The highest BCUT2D eigenvalue weighted by molar-refractivity contribution is 5.87. The summed E-state index contributed by atoms with van der Waals surface area (Å²) in [7, 11) is 0. The molecule has 0 atom stereocenters. The van der Waals surface area contributed by atoms with E-state index >= 15 is 0 Å². The third-order valence-electron chi connectivity index (χ3n) is 5.96. The van der Waals surface area contributed by atoms with E-state index in [0.29, 0.717) is 30.3 Å². The lowest BCUT2D eigenvalue weighted by molar-refractivity contribution is -0.121. The number of nitrogens with zero attached hydrogens (tertiary/aromatic N) is 5. The number of unbranched alkanes of at least 4 members (excludes halogenated alkanes) is 1. The van der Waals surface area contributed by atoms with E-state index in [1.54, 1.807) is 0 Å². The van der Waals surface area contributed by atoms with Gasteiger partial charge in [0.25, 0.3) is 0 Å². The molecule has 0 saturated carbocycles. The second-order valence-electron chi connectivity index (χ2n) is 9.25. The molecule has 0 aliphatic heterocycles. The van der Waals surface area contributed by atoms with Crippen molar-refractivity contribution >= 4 is 39.4 Å². The number of hydrogen-bond acceptors (Lipinski definition) is 6. The van der Waals surface area contributed by atoms with Gasteiger partial charge in [-0.1, -0.05) is 26.0 Å². The maximum Gasteiger partial charge on any atom is 0.220 e. The number of anilines is 1. The summed E-state index contributed by atoms with van der Waals surface area (Å²) in [6.45, 7) is 7.44. The molecule has 0 spiro atoms. The lowest BCUT2D eigenvalue weighted by Crippen LogP contribution is -2.25. The highest BCUT2D eigenvalue weighted by Crippen LogP contribution is 2.27. The lowest BCUT2D eigenvalue weighted by Gasteiger charge is -2.11. The number of carbonyl (C=O) groups excluding carboxylic acids is 1. The first-order valence-corrected chi connectivity index (χ1v) is 12.1. The number of aromatic nitrogens is 6. The fourth-order valence-corrected chi connectivity index (χ4v) is 4.26. The predicted octanol–water partition coefficient (Wildman–Crippen LogP) is 4.48. The molecule has 0 unspecified atom stereocenters. The van der Waals surface area contributed by atoms with Crippen molar-refractivity contribution in [3.8, 4) is 11.4 Å². The van der Waals surface area contributed by atoms with Crippen molar-refractivity contribution in [1.82, 2.24) is 34.9 Å². The van der Waals surface area contributed by atoms with Gasteiger partial charge in [-0.15, -0.1) is 10.2 Å². The van der Waals surface area contributed by atoms with Gasteiger partial charge < -0.3 is 15.6 Å². The Morgan fingerprint density at radius 3 is 2.69 bits per heavy atom. The monoisotopic (exact) mass is 470 g/mol. The first kappa shape index (κ1) is 22.8. The number of aryl methyl sites for hydroxylation is 1. The van der Waals surface area contributed by atoms with Gasteiger partial charge >= 0.3 is 0 Å². The van der Waals surface area contributed by atoms with E-state index in [4.69, 9.17) is 9.97 Å². The van der Waals surface area contributed by atoms with Crippen LogP contribution in [-0.4, -0.2) is 48.5 Å². The van der Waals surface area contributed by atoms with Crippen LogP contribution in [0.3, 0.4) is 0 Å². The molecule has 180 valence electrons. The van der Waals surface area contributed by atoms with Crippen LogP contribution in [-0.2, 0) is 4.79 Å². The van der Waals surface area contributed by atoms with Crippen LogP contribution in [0.4, 0.5) is 5.82 Å². The topological polar surface area (TPSA) is 113 Å². The van der Waals surface area contributed by atoms with Crippen LogP contribution < -0.4 is 10.6 Å². The molecule has 2 aromatic carbocycles. The Morgan fingerprint density at radius 2 is 1.86 bits per heavy atom. The molecule has 0 radical (unpaired) electrons. The molecule has 5 rings (SSSR count). The average Bonchev–Trinajstić information content (AvgIpc) is 3.44. The average molecular weight is 471 g/mol. The number of fused-ring (bicyclic) bond motifs is 4. The number of hydrogen-bond donors (Lipinski definition) is 3. The molecule has 0 aliphatic rings. The summed E-state index contributed by atoms with van der Waals surface area (Å²) in [4.78, 5) is 24.8. The van der Waals surface area contributed by atoms with Crippen molar-refractivity contribution in [2.45, 2.75) is 40.0 Å². The second-order valence-corrected chi connectivity index (χ2v) is 9.25. The molecule has 1 amide bonds. The van der Waals surface area contributed by atoms with Gasteiger partial charge in [0.05, 0.1) is 22.1 Å². The van der Waals surface area contributed by atoms with E-state index in [1.807, 2.05) is 67.6 Å². The number of nitrogens with one attached hydrogen (secondary N) is 3. The number of aromatic amines is 1. The molecule has 3 heterocycles. The molecule has 3 aromatic heterocycles. The zero-order valence-corrected chi connectivity index (χ0v) is 20.3. The van der Waals surface area contributed by atoms with Gasteiger partial charge in [0.2, 0.25) is 11.6 Å². The Bertz CT molecular complexity index is 1470. The van der Waals surface area contributed by atoms with E-state index in [1.165, 1.54) is 0 Å². The molecule has 9 nitrogen and oxygen atoms in total. The summed E-state index contributed by atoms with van der Waals surface area (Å²) in [6.07, 6.45) is 2.36. The van der Waals surface area contributed by atoms with Crippen LogP contribution >= 0.6 is 0 Å². The van der Waals surface area contributed by atoms with Crippen LogP contribution in [0, 0.1) is 12.8 Å². The van der Waals surface area contributed by atoms with Gasteiger partial charge in [-0.2, -0.15) is 0 Å². The van der Waals surface area contributed by atoms with Crippen LogP contribution in [0.25, 0.3) is 39.1 Å². The number of benzene rings is 2. The first-order valence-electron chi connectivity index (χ1n) is 12.1. The van der Waals surface area contributed by atoms with Gasteiger partial charge in [0, 0.05) is 25.1 Å². The smallest absolute Gasteiger partial charge is 0.220 e. The van der Waals surface area contributed by atoms with Crippen molar-refractivity contribution < 1.29 is 4.79 Å². The molecular weight excluding hydrogens is 440 g/mol. The molecule has 3 N–H and O–H groups in total. The number of rotatable bonds is 9. The lowest BCUT2D eigenvalue weighted by atomic mass is 10.1. The summed E-state index contributed by atoms with van der Waals surface area (Å²) in [5.41, 5.74) is 5.39. The third kappa shape index (κ3) is 4.80. The summed E-state index contributed by atoms with van der Waals surface area (Å²) < 4.78 is 2.03. The number of para-hydroxylation sites is 2. The Balaban J connectivity index is 1.35. The minimum absolute atomic E-state index is 0.116. The minimum Gasteiger partial charge on any atom is -0.367 e. The zero-order chi connectivity index (χ0) is 24.4. The third-order valence-corrected chi connectivity index (χ3v) is 5.96. The Morgan fingerprint density at radius 1 is 1.03 bits per heavy atom. The quantitative estimate of drug-likeness (QED) is 0.274. The van der Waals surface area contributed by atoms with Crippen molar-refractivity contribution in [3.05, 3.63) is 48.3 Å². The number of carbonyl (C=O) groups is 1. The SMILES string of the molecule is Cc1nnc2c(NCCCCNC(=O)CC(C)C)nc3cc(-c4nc5ccccc5[nH]4)ccc3n12. The fourth-order valence-electron chi connectivity index (χ4n) is 4.26. The Hall–Kier alpha value is -4.01. The van der Waals surface area contributed by atoms with E-state index in [0.717, 1.165) is 58.7 Å². The Kier molecular flexibility index (Phi) is 6.31. The normalized spacial score (nSPS) is 11.7. The molecular formula is C26H30N8O. The molecule has 35 heavy (non-hydrogen) atoms. The van der Waals surface area contributed by atoms with E-state index < -0.39 is 0 Å². The van der Waals surface area contributed by atoms with Crippen molar-refractivity contribution in [2.75, 3.05) is 18.4 Å². The standard InChI is InChI=1S/C26H30N8O/c1-16(2)14-23(35)27-12-6-7-13-28-25-26-33-32-17(3)34(26)22-11-10-18(15-21(22)31-25)24-29-19-8-4-5-9-20(19)30-24/h4-5,8-11,15-16H,6-7,12-14H2,1-3H3,(H,27,35)(H,28,31)(H,29,30). The van der Waals surface area contributed by atoms with Crippen LogP contribution in [0.15, 0.2) is 42.5 Å². The number of imidazole rings is 1. The van der Waals surface area contributed by atoms with Crippen LogP contribution in [0.1, 0.15) is 38.9 Å². The molecule has 0 fully saturated rings. The maximum atomic E-state index is 11.8. The summed E-state index contributed by atoms with van der Waals surface area (Å²) in [5, 5.41) is 15.0. The van der Waals surface area contributed by atoms with Gasteiger partial charge in [-0.3, -0.25) is 9.20 Å².